The van der Waals surface area contributed by atoms with Crippen molar-refractivity contribution >= 4 is 17.1 Å². The Balaban J connectivity index is 2.14. The van der Waals surface area contributed by atoms with Gasteiger partial charge in [0.05, 0.1) is 12.8 Å². The van der Waals surface area contributed by atoms with E-state index in [4.69, 9.17) is 9.47 Å². The molecule has 0 amide bonds. The number of ketones is 1. The molecule has 0 bridgehead atoms. The zero-order chi connectivity index (χ0) is 14.7. The maximum absolute atomic E-state index is 11.3. The summed E-state index contributed by atoms with van der Waals surface area (Å²) in [6.07, 6.45) is 0. The van der Waals surface area contributed by atoms with Crippen LogP contribution in [0, 0.1) is 13.8 Å². The molecule has 1 aromatic heterocycles. The normalized spacial score (nSPS) is 10.4. The second-order valence-corrected chi connectivity index (χ2v) is 5.75. The van der Waals surface area contributed by atoms with Crippen LogP contribution in [0.1, 0.15) is 32.9 Å². The van der Waals surface area contributed by atoms with Crippen molar-refractivity contribution < 1.29 is 14.3 Å². The van der Waals surface area contributed by atoms with Gasteiger partial charge in [-0.2, -0.15) is 0 Å². The van der Waals surface area contributed by atoms with Gasteiger partial charge in [-0.05, 0) is 39.0 Å². The zero-order valence-corrected chi connectivity index (χ0v) is 12.8. The first kappa shape index (κ1) is 14.5. The van der Waals surface area contributed by atoms with Crippen molar-refractivity contribution in [1.29, 1.82) is 0 Å². The number of rotatable bonds is 5. The van der Waals surface area contributed by atoms with Crippen LogP contribution in [-0.2, 0) is 6.61 Å². The maximum Gasteiger partial charge on any atom is 0.161 e. The van der Waals surface area contributed by atoms with E-state index in [1.165, 1.54) is 11.8 Å². The van der Waals surface area contributed by atoms with Crippen LogP contribution >= 0.6 is 11.3 Å². The van der Waals surface area contributed by atoms with Gasteiger partial charge in [0.1, 0.15) is 11.6 Å². The number of Topliss-reactive ketones (excluding diaryl/α,β-unsaturated/α-hetero) is 1. The SMILES string of the molecule is COc1cc(C(C)=O)ccc1OCc1nc(C)c(C)s1. The Morgan fingerprint density at radius 1 is 1.30 bits per heavy atom. The Bertz CT molecular complexity index is 615. The summed E-state index contributed by atoms with van der Waals surface area (Å²) in [5.74, 6) is 1.17. The number of aryl methyl sites for hydroxylation is 2. The third-order valence-corrected chi connectivity index (χ3v) is 4.04. The lowest BCUT2D eigenvalue weighted by atomic mass is 10.1. The van der Waals surface area contributed by atoms with E-state index >= 15 is 0 Å². The number of carbonyl (C=O) groups excluding carboxylic acids is 1. The van der Waals surface area contributed by atoms with Crippen molar-refractivity contribution in [2.24, 2.45) is 0 Å². The van der Waals surface area contributed by atoms with E-state index in [0.717, 1.165) is 10.7 Å². The second-order valence-electron chi connectivity index (χ2n) is 4.46. The molecule has 0 spiro atoms. The molecule has 0 saturated carbocycles. The number of hydrogen-bond donors (Lipinski definition) is 0. The van der Waals surface area contributed by atoms with Gasteiger partial charge in [0.25, 0.3) is 0 Å². The molecule has 106 valence electrons. The third-order valence-electron chi connectivity index (χ3n) is 2.99. The topological polar surface area (TPSA) is 48.4 Å². The lowest BCUT2D eigenvalue weighted by Gasteiger charge is -2.10. The second kappa shape index (κ2) is 6.05. The van der Waals surface area contributed by atoms with Gasteiger partial charge >= 0.3 is 0 Å². The molecule has 0 radical (unpaired) electrons. The lowest BCUT2D eigenvalue weighted by Crippen LogP contribution is -1.99. The van der Waals surface area contributed by atoms with E-state index in [0.29, 0.717) is 23.7 Å². The van der Waals surface area contributed by atoms with Gasteiger partial charge in [0, 0.05) is 10.4 Å². The zero-order valence-electron chi connectivity index (χ0n) is 12.0. The first-order valence-electron chi connectivity index (χ1n) is 6.26. The maximum atomic E-state index is 11.3. The van der Waals surface area contributed by atoms with Gasteiger partial charge in [-0.3, -0.25) is 4.79 Å². The summed E-state index contributed by atoms with van der Waals surface area (Å²) in [6, 6.07) is 5.18. The molecule has 1 aromatic carbocycles. The summed E-state index contributed by atoms with van der Waals surface area (Å²) < 4.78 is 11.0. The number of methoxy groups -OCH3 is 1. The molecular weight excluding hydrogens is 274 g/mol. The van der Waals surface area contributed by atoms with Crippen LogP contribution in [0.15, 0.2) is 18.2 Å². The smallest absolute Gasteiger partial charge is 0.161 e. The summed E-state index contributed by atoms with van der Waals surface area (Å²) in [4.78, 5) is 17.0. The predicted molar refractivity (Wildman–Crippen MR) is 78.9 cm³/mol. The van der Waals surface area contributed by atoms with Gasteiger partial charge < -0.3 is 9.47 Å². The van der Waals surface area contributed by atoms with Gasteiger partial charge in [-0.1, -0.05) is 0 Å². The molecular formula is C15H17NO3S. The summed E-state index contributed by atoms with van der Waals surface area (Å²) in [5.41, 5.74) is 1.64. The molecule has 0 aliphatic heterocycles. The highest BCUT2D eigenvalue weighted by atomic mass is 32.1. The van der Waals surface area contributed by atoms with Crippen LogP contribution in [0.5, 0.6) is 11.5 Å². The highest BCUT2D eigenvalue weighted by Gasteiger charge is 2.10. The van der Waals surface area contributed by atoms with Crippen LogP contribution in [0.25, 0.3) is 0 Å². The Labute approximate surface area is 122 Å². The number of aromatic nitrogens is 1. The van der Waals surface area contributed by atoms with Crippen molar-refractivity contribution in [2.45, 2.75) is 27.4 Å². The van der Waals surface area contributed by atoms with E-state index in [1.54, 1.807) is 36.6 Å². The lowest BCUT2D eigenvalue weighted by molar-refractivity contribution is 0.101. The quantitative estimate of drug-likeness (QED) is 0.790. The van der Waals surface area contributed by atoms with Crippen molar-refractivity contribution in [3.8, 4) is 11.5 Å². The first-order valence-corrected chi connectivity index (χ1v) is 7.07. The summed E-state index contributed by atoms with van der Waals surface area (Å²) in [6.45, 7) is 5.95. The first-order chi connectivity index (χ1) is 9.51. The Kier molecular flexibility index (Phi) is 4.39. The van der Waals surface area contributed by atoms with Crippen LogP contribution in [0.3, 0.4) is 0 Å². The van der Waals surface area contributed by atoms with E-state index in [2.05, 4.69) is 4.98 Å². The molecule has 4 nitrogen and oxygen atoms in total. The van der Waals surface area contributed by atoms with Crippen LogP contribution in [-0.4, -0.2) is 17.9 Å². The fourth-order valence-corrected chi connectivity index (χ4v) is 2.59. The molecule has 5 heteroatoms. The highest BCUT2D eigenvalue weighted by Crippen LogP contribution is 2.29. The van der Waals surface area contributed by atoms with Crippen LogP contribution in [0.2, 0.25) is 0 Å². The van der Waals surface area contributed by atoms with Gasteiger partial charge in [0.2, 0.25) is 0 Å². The van der Waals surface area contributed by atoms with Crippen molar-refractivity contribution in [3.05, 3.63) is 39.3 Å². The molecule has 0 aliphatic carbocycles. The van der Waals surface area contributed by atoms with Crippen LogP contribution in [0.4, 0.5) is 0 Å². The van der Waals surface area contributed by atoms with Crippen molar-refractivity contribution in [2.75, 3.05) is 7.11 Å². The average molecular weight is 291 g/mol. The largest absolute Gasteiger partial charge is 0.493 e. The Morgan fingerprint density at radius 3 is 2.60 bits per heavy atom. The summed E-state index contributed by atoms with van der Waals surface area (Å²) in [7, 11) is 1.56. The number of carbonyl (C=O) groups is 1. The minimum Gasteiger partial charge on any atom is -0.493 e. The number of benzene rings is 1. The molecule has 0 N–H and O–H groups in total. The molecule has 2 rings (SSSR count). The third kappa shape index (κ3) is 3.17. The van der Waals surface area contributed by atoms with E-state index in [1.807, 2.05) is 13.8 Å². The van der Waals surface area contributed by atoms with Crippen LogP contribution < -0.4 is 9.47 Å². The number of hydrogen-bond acceptors (Lipinski definition) is 5. The fraction of sp³-hybridized carbons (Fsp3) is 0.333. The van der Waals surface area contributed by atoms with Gasteiger partial charge in [-0.15, -0.1) is 11.3 Å². The van der Waals surface area contributed by atoms with Crippen molar-refractivity contribution in [1.82, 2.24) is 4.98 Å². The van der Waals surface area contributed by atoms with E-state index in [-0.39, 0.29) is 5.78 Å². The number of nitrogens with zero attached hydrogens (tertiary/aromatic N) is 1. The molecule has 0 unspecified atom stereocenters. The fourth-order valence-electron chi connectivity index (χ4n) is 1.75. The molecule has 0 atom stereocenters. The molecule has 0 aliphatic rings. The standard InChI is InChI=1S/C15H17NO3S/c1-9-11(3)20-15(16-9)8-19-13-6-5-12(10(2)17)7-14(13)18-4/h5-7H,8H2,1-4H3. The molecule has 2 aromatic rings. The van der Waals surface area contributed by atoms with Gasteiger partial charge in [0.15, 0.2) is 17.3 Å². The minimum atomic E-state index is 0.000947. The summed E-state index contributed by atoms with van der Waals surface area (Å²) >= 11 is 1.62. The Morgan fingerprint density at radius 2 is 2.05 bits per heavy atom. The van der Waals surface area contributed by atoms with Gasteiger partial charge in [-0.25, -0.2) is 4.98 Å². The van der Waals surface area contributed by atoms with Crippen molar-refractivity contribution in [3.63, 3.8) is 0 Å². The monoisotopic (exact) mass is 291 g/mol. The summed E-state index contributed by atoms with van der Waals surface area (Å²) in [5, 5.41) is 0.928. The van der Waals surface area contributed by atoms with E-state index < -0.39 is 0 Å². The molecule has 0 fully saturated rings. The number of ether oxygens (including phenoxy) is 2. The van der Waals surface area contributed by atoms with E-state index in [9.17, 15) is 4.79 Å². The minimum absolute atomic E-state index is 0.000947. The highest BCUT2D eigenvalue weighted by molar-refractivity contribution is 7.11. The average Bonchev–Trinajstić information content (AvgIpc) is 2.75. The molecule has 1 heterocycles. The predicted octanol–water partition coefficient (Wildman–Crippen LogP) is 3.55. The number of thiazole rings is 1. The molecule has 20 heavy (non-hydrogen) atoms. The molecule has 0 saturated heterocycles. The Hall–Kier alpha value is -1.88.